The topological polar surface area (TPSA) is 87.5 Å². The Hall–Kier alpha value is -1.26. The van der Waals surface area contributed by atoms with Gasteiger partial charge in [-0.3, -0.25) is 0 Å². The highest BCUT2D eigenvalue weighted by Gasteiger charge is 2.24. The number of urea groups is 1. The van der Waals surface area contributed by atoms with Crippen molar-refractivity contribution in [2.45, 2.75) is 24.7 Å². The third-order valence-electron chi connectivity index (χ3n) is 3.98. The van der Waals surface area contributed by atoms with Crippen molar-refractivity contribution in [3.05, 3.63) is 11.9 Å². The molecule has 0 atom stereocenters. The van der Waals surface area contributed by atoms with Crippen LogP contribution in [0.5, 0.6) is 0 Å². The molecule has 0 radical (unpaired) electrons. The zero-order valence-electron chi connectivity index (χ0n) is 13.1. The molecule has 1 aromatic heterocycles. The maximum absolute atomic E-state index is 12.3. The van der Waals surface area contributed by atoms with Crippen LogP contribution < -0.4 is 5.32 Å². The summed E-state index contributed by atoms with van der Waals surface area (Å²) in [7, 11) is -3.19. The summed E-state index contributed by atoms with van der Waals surface area (Å²) in [5.41, 5.74) is 0.855. The Kier molecular flexibility index (Phi) is 4.83. The van der Waals surface area contributed by atoms with Gasteiger partial charge in [0.25, 0.3) is 0 Å². The van der Waals surface area contributed by atoms with Gasteiger partial charge < -0.3 is 14.8 Å². The second-order valence-electron chi connectivity index (χ2n) is 5.72. The Morgan fingerprint density at radius 3 is 2.87 bits per heavy atom. The van der Waals surface area contributed by atoms with Crippen molar-refractivity contribution < 1.29 is 13.2 Å². The van der Waals surface area contributed by atoms with E-state index in [9.17, 15) is 13.2 Å². The van der Waals surface area contributed by atoms with E-state index >= 15 is 0 Å². The Balaban J connectivity index is 1.51. The maximum atomic E-state index is 12.3. The number of nitrogens with zero attached hydrogens (tertiary/aromatic N) is 4. The molecule has 1 fully saturated rings. The van der Waals surface area contributed by atoms with Crippen molar-refractivity contribution in [2.24, 2.45) is 0 Å². The summed E-state index contributed by atoms with van der Waals surface area (Å²) in [5, 5.41) is 3.88. The SMILES string of the molecule is CS(=O)(=O)N1CCCN(C(=O)NCc2cn3c(n2)SCC3)CC1. The molecular weight excluding hydrogens is 338 g/mol. The number of carbonyl (C=O) groups is 1. The van der Waals surface area contributed by atoms with Gasteiger partial charge in [-0.25, -0.2) is 22.5 Å². The van der Waals surface area contributed by atoms with Gasteiger partial charge in [-0.15, -0.1) is 0 Å². The summed E-state index contributed by atoms with van der Waals surface area (Å²) in [5.74, 6) is 1.06. The van der Waals surface area contributed by atoms with Crippen molar-refractivity contribution in [3.8, 4) is 0 Å². The highest BCUT2D eigenvalue weighted by atomic mass is 32.2. The number of sulfonamides is 1. The van der Waals surface area contributed by atoms with Crippen molar-refractivity contribution >= 4 is 27.8 Å². The Morgan fingerprint density at radius 1 is 1.30 bits per heavy atom. The number of hydrogen-bond donors (Lipinski definition) is 1. The molecule has 3 heterocycles. The highest BCUT2D eigenvalue weighted by Crippen LogP contribution is 2.24. The van der Waals surface area contributed by atoms with Crippen molar-refractivity contribution in [1.82, 2.24) is 24.1 Å². The van der Waals surface area contributed by atoms with Crippen molar-refractivity contribution in [2.75, 3.05) is 38.2 Å². The lowest BCUT2D eigenvalue weighted by Gasteiger charge is -2.21. The quantitative estimate of drug-likeness (QED) is 0.831. The van der Waals surface area contributed by atoms with Crippen LogP contribution in [0.15, 0.2) is 11.4 Å². The first-order chi connectivity index (χ1) is 10.9. The standard InChI is InChI=1S/C13H21N5O3S2/c1-23(20,21)18-4-2-3-16(5-6-18)12(19)14-9-11-10-17-7-8-22-13(17)15-11/h10H,2-9H2,1H3,(H,14,19). The van der Waals surface area contributed by atoms with E-state index in [1.54, 1.807) is 16.7 Å². The number of carbonyl (C=O) groups excluding carboxylic acids is 1. The number of aromatic nitrogens is 2. The van der Waals surface area contributed by atoms with Crippen LogP contribution in [0.4, 0.5) is 4.79 Å². The molecule has 3 rings (SSSR count). The third-order valence-corrected chi connectivity index (χ3v) is 6.26. The van der Waals surface area contributed by atoms with Gasteiger partial charge in [-0.1, -0.05) is 11.8 Å². The fourth-order valence-corrected chi connectivity index (χ4v) is 4.59. The highest BCUT2D eigenvalue weighted by molar-refractivity contribution is 7.99. The van der Waals surface area contributed by atoms with Crippen molar-refractivity contribution in [1.29, 1.82) is 0 Å². The minimum absolute atomic E-state index is 0.166. The second-order valence-corrected chi connectivity index (χ2v) is 8.76. The molecule has 128 valence electrons. The number of nitrogens with one attached hydrogen (secondary N) is 1. The lowest BCUT2D eigenvalue weighted by Crippen LogP contribution is -2.42. The molecule has 0 aliphatic carbocycles. The third kappa shape index (κ3) is 3.99. The van der Waals surface area contributed by atoms with E-state index in [1.807, 2.05) is 6.20 Å². The van der Waals surface area contributed by atoms with Gasteiger partial charge in [-0.05, 0) is 6.42 Å². The van der Waals surface area contributed by atoms with Gasteiger partial charge in [0, 0.05) is 44.7 Å². The molecule has 2 aliphatic rings. The zero-order valence-corrected chi connectivity index (χ0v) is 14.7. The van der Waals surface area contributed by atoms with Gasteiger partial charge in [-0.2, -0.15) is 0 Å². The van der Waals surface area contributed by atoms with Gasteiger partial charge >= 0.3 is 6.03 Å². The number of thioether (sulfide) groups is 1. The van der Waals surface area contributed by atoms with Crippen LogP contribution in [0, 0.1) is 0 Å². The summed E-state index contributed by atoms with van der Waals surface area (Å²) in [6.45, 7) is 3.15. The molecule has 1 N–H and O–H groups in total. The van der Waals surface area contributed by atoms with Gasteiger partial charge in [0.05, 0.1) is 18.5 Å². The molecule has 23 heavy (non-hydrogen) atoms. The second kappa shape index (κ2) is 6.70. The minimum atomic E-state index is -3.19. The van der Waals surface area contributed by atoms with Gasteiger partial charge in [0.15, 0.2) is 5.16 Å². The lowest BCUT2D eigenvalue weighted by atomic mass is 10.4. The predicted molar refractivity (Wildman–Crippen MR) is 87.8 cm³/mol. The van der Waals surface area contributed by atoms with E-state index in [0.717, 1.165) is 23.1 Å². The summed E-state index contributed by atoms with van der Waals surface area (Å²) in [6, 6.07) is -0.166. The minimum Gasteiger partial charge on any atom is -0.332 e. The van der Waals surface area contributed by atoms with Crippen molar-refractivity contribution in [3.63, 3.8) is 0 Å². The van der Waals surface area contributed by atoms with Crippen LogP contribution in [0.1, 0.15) is 12.1 Å². The van der Waals surface area contributed by atoms with Crippen LogP contribution in [-0.4, -0.2) is 71.4 Å². The number of hydrogen-bond acceptors (Lipinski definition) is 5. The zero-order chi connectivity index (χ0) is 16.4. The first-order valence-electron chi connectivity index (χ1n) is 7.60. The lowest BCUT2D eigenvalue weighted by molar-refractivity contribution is 0.200. The molecule has 0 aromatic carbocycles. The molecule has 1 aromatic rings. The average molecular weight is 359 g/mol. The van der Waals surface area contributed by atoms with Crippen LogP contribution >= 0.6 is 11.8 Å². The first-order valence-corrected chi connectivity index (χ1v) is 10.4. The molecular formula is C13H21N5O3S2. The molecule has 2 aliphatic heterocycles. The fourth-order valence-electron chi connectivity index (χ4n) is 2.75. The van der Waals surface area contributed by atoms with Crippen LogP contribution in [0.25, 0.3) is 0 Å². The molecule has 0 saturated carbocycles. The molecule has 8 nitrogen and oxygen atoms in total. The largest absolute Gasteiger partial charge is 0.332 e. The van der Waals surface area contributed by atoms with E-state index in [-0.39, 0.29) is 6.03 Å². The Bertz CT molecular complexity index is 666. The van der Waals surface area contributed by atoms with E-state index < -0.39 is 10.0 Å². The fraction of sp³-hybridized carbons (Fsp3) is 0.692. The summed E-state index contributed by atoms with van der Waals surface area (Å²) in [4.78, 5) is 18.4. The smallest absolute Gasteiger partial charge is 0.317 e. The molecule has 1 saturated heterocycles. The van der Waals surface area contributed by atoms with Crippen LogP contribution in [0.2, 0.25) is 0 Å². The van der Waals surface area contributed by atoms with Crippen LogP contribution in [0.3, 0.4) is 0 Å². The normalized spacial score (nSPS) is 19.4. The van der Waals surface area contributed by atoms with E-state index in [2.05, 4.69) is 14.9 Å². The molecule has 0 spiro atoms. The van der Waals surface area contributed by atoms with Gasteiger partial charge in [0.2, 0.25) is 10.0 Å². The Labute approximate surface area is 140 Å². The first kappa shape index (κ1) is 16.6. The van der Waals surface area contributed by atoms with Gasteiger partial charge in [0.1, 0.15) is 0 Å². The number of imidazole rings is 1. The Morgan fingerprint density at radius 2 is 2.13 bits per heavy atom. The van der Waals surface area contributed by atoms with E-state index in [4.69, 9.17) is 0 Å². The molecule has 0 unspecified atom stereocenters. The number of rotatable bonds is 3. The summed E-state index contributed by atoms with van der Waals surface area (Å²) >= 11 is 1.72. The average Bonchev–Trinajstić information content (AvgIpc) is 2.95. The monoisotopic (exact) mass is 359 g/mol. The number of aryl methyl sites for hydroxylation is 1. The van der Waals surface area contributed by atoms with E-state index in [1.165, 1.54) is 10.6 Å². The predicted octanol–water partition coefficient (Wildman–Crippen LogP) is 0.166. The molecule has 0 bridgehead atoms. The number of amides is 2. The van der Waals surface area contributed by atoms with Crippen LogP contribution in [-0.2, 0) is 23.1 Å². The summed E-state index contributed by atoms with van der Waals surface area (Å²) in [6.07, 6.45) is 3.83. The number of fused-ring (bicyclic) bond motifs is 1. The maximum Gasteiger partial charge on any atom is 0.317 e. The molecule has 2 amide bonds. The summed E-state index contributed by atoms with van der Waals surface area (Å²) < 4.78 is 26.7. The molecule has 10 heteroatoms. The van der Waals surface area contributed by atoms with E-state index in [0.29, 0.717) is 39.1 Å².